The molecule has 2 atom stereocenters. The summed E-state index contributed by atoms with van der Waals surface area (Å²) in [5.74, 6) is 1.71. The van der Waals surface area contributed by atoms with Crippen LogP contribution >= 0.6 is 24.2 Å². The number of thioether (sulfide) groups is 1. The summed E-state index contributed by atoms with van der Waals surface area (Å²) in [7, 11) is 1.93. The summed E-state index contributed by atoms with van der Waals surface area (Å²) in [4.78, 5) is 27.0. The van der Waals surface area contributed by atoms with Crippen molar-refractivity contribution in [1.29, 1.82) is 0 Å². The molecule has 2 rings (SSSR count). The number of likely N-dealkylation sites (tertiary alicyclic amines) is 1. The Balaban J connectivity index is 0.00000364. The van der Waals surface area contributed by atoms with Crippen LogP contribution < -0.4 is 15.4 Å². The molecule has 1 aromatic rings. The summed E-state index contributed by atoms with van der Waals surface area (Å²) < 4.78 is 5.48. The maximum absolute atomic E-state index is 12.9. The number of nitrogens with zero attached hydrogens (tertiary/aromatic N) is 1. The average Bonchev–Trinajstić information content (AvgIpc) is 3.12. The molecule has 0 aromatic heterocycles. The highest BCUT2D eigenvalue weighted by atomic mass is 35.5. The Morgan fingerprint density at radius 3 is 2.74 bits per heavy atom. The van der Waals surface area contributed by atoms with Gasteiger partial charge in [-0.3, -0.25) is 9.59 Å². The second-order valence-corrected chi connectivity index (χ2v) is 7.49. The van der Waals surface area contributed by atoms with Crippen molar-refractivity contribution in [2.24, 2.45) is 5.92 Å². The molecule has 1 aliphatic rings. The van der Waals surface area contributed by atoms with E-state index in [0.29, 0.717) is 18.1 Å². The number of benzene rings is 1. The molecule has 1 aromatic carbocycles. The van der Waals surface area contributed by atoms with Gasteiger partial charge in [-0.1, -0.05) is 18.2 Å². The standard InChI is InChI=1S/C19H29N3O3S.ClH/c1-20-12-15-8-10-22(13-15)19(24)17(9-11-26-2)21-18(23)14-25-16-6-4-3-5-7-16;/h3-7,15,17,20H,8-14H2,1-2H3,(H,21,23);1H. The van der Waals surface area contributed by atoms with Crippen LogP contribution in [0.1, 0.15) is 12.8 Å². The van der Waals surface area contributed by atoms with Crippen LogP contribution in [0.2, 0.25) is 0 Å². The summed E-state index contributed by atoms with van der Waals surface area (Å²) in [5, 5.41) is 6.03. The van der Waals surface area contributed by atoms with E-state index in [1.807, 2.05) is 36.4 Å². The fraction of sp³-hybridized carbons (Fsp3) is 0.579. The highest BCUT2D eigenvalue weighted by Gasteiger charge is 2.31. The van der Waals surface area contributed by atoms with E-state index in [1.54, 1.807) is 23.9 Å². The first kappa shape index (κ1) is 23.6. The van der Waals surface area contributed by atoms with Crippen LogP contribution in [-0.4, -0.2) is 68.1 Å². The molecule has 27 heavy (non-hydrogen) atoms. The van der Waals surface area contributed by atoms with Crippen molar-refractivity contribution >= 4 is 36.0 Å². The van der Waals surface area contributed by atoms with E-state index in [2.05, 4.69) is 10.6 Å². The Hall–Kier alpha value is -1.44. The topological polar surface area (TPSA) is 70.7 Å². The zero-order chi connectivity index (χ0) is 18.8. The van der Waals surface area contributed by atoms with Crippen molar-refractivity contribution in [1.82, 2.24) is 15.5 Å². The van der Waals surface area contributed by atoms with Gasteiger partial charge in [-0.25, -0.2) is 0 Å². The van der Waals surface area contributed by atoms with Gasteiger partial charge in [0, 0.05) is 13.1 Å². The molecule has 1 fully saturated rings. The lowest BCUT2D eigenvalue weighted by molar-refractivity contribution is -0.136. The van der Waals surface area contributed by atoms with Crippen molar-refractivity contribution < 1.29 is 14.3 Å². The van der Waals surface area contributed by atoms with E-state index in [4.69, 9.17) is 4.74 Å². The molecule has 2 unspecified atom stereocenters. The molecule has 6 nitrogen and oxygen atoms in total. The lowest BCUT2D eigenvalue weighted by Crippen LogP contribution is -2.49. The Morgan fingerprint density at radius 1 is 1.33 bits per heavy atom. The molecule has 0 bridgehead atoms. The van der Waals surface area contributed by atoms with E-state index in [1.165, 1.54) is 0 Å². The molecular formula is C19H30ClN3O3S. The number of halogens is 1. The van der Waals surface area contributed by atoms with E-state index in [9.17, 15) is 9.59 Å². The summed E-state index contributed by atoms with van der Waals surface area (Å²) in [6.45, 7) is 2.34. The Morgan fingerprint density at radius 2 is 2.07 bits per heavy atom. The van der Waals surface area contributed by atoms with Crippen LogP contribution in [-0.2, 0) is 9.59 Å². The van der Waals surface area contributed by atoms with Crippen LogP contribution in [0.25, 0.3) is 0 Å². The number of nitrogens with one attached hydrogen (secondary N) is 2. The number of carbonyl (C=O) groups is 2. The predicted molar refractivity (Wildman–Crippen MR) is 113 cm³/mol. The zero-order valence-corrected chi connectivity index (χ0v) is 17.6. The van der Waals surface area contributed by atoms with Gasteiger partial charge >= 0.3 is 0 Å². The molecule has 1 aliphatic heterocycles. The Bertz CT molecular complexity index is 577. The van der Waals surface area contributed by atoms with Crippen molar-refractivity contribution in [3.63, 3.8) is 0 Å². The van der Waals surface area contributed by atoms with E-state index in [-0.39, 0.29) is 30.8 Å². The van der Waals surface area contributed by atoms with Crippen LogP contribution in [0.4, 0.5) is 0 Å². The predicted octanol–water partition coefficient (Wildman–Crippen LogP) is 1.79. The van der Waals surface area contributed by atoms with Gasteiger partial charge in [0.2, 0.25) is 5.91 Å². The zero-order valence-electron chi connectivity index (χ0n) is 16.0. The molecule has 8 heteroatoms. The third kappa shape index (κ3) is 7.99. The smallest absolute Gasteiger partial charge is 0.258 e. The lowest BCUT2D eigenvalue weighted by atomic mass is 10.1. The SMILES string of the molecule is CNCC1CCN(C(=O)C(CCSC)NC(=O)COc2ccccc2)C1.Cl. The van der Waals surface area contributed by atoms with Gasteiger partial charge < -0.3 is 20.3 Å². The minimum atomic E-state index is -0.484. The number of carbonyl (C=O) groups excluding carboxylic acids is 2. The van der Waals surface area contributed by atoms with Gasteiger partial charge in [-0.15, -0.1) is 12.4 Å². The number of hydrogen-bond donors (Lipinski definition) is 2. The molecule has 152 valence electrons. The number of hydrogen-bond acceptors (Lipinski definition) is 5. The largest absolute Gasteiger partial charge is 0.484 e. The second kappa shape index (κ2) is 12.9. The van der Waals surface area contributed by atoms with E-state index >= 15 is 0 Å². The minimum absolute atomic E-state index is 0. The molecule has 0 saturated carbocycles. The van der Waals surface area contributed by atoms with Crippen molar-refractivity contribution in [2.45, 2.75) is 18.9 Å². The van der Waals surface area contributed by atoms with Crippen molar-refractivity contribution in [3.8, 4) is 5.75 Å². The Labute approximate surface area is 172 Å². The van der Waals surface area contributed by atoms with Crippen LogP contribution in [0.15, 0.2) is 30.3 Å². The molecular weight excluding hydrogens is 386 g/mol. The fourth-order valence-electron chi connectivity index (χ4n) is 3.10. The number of ether oxygens (including phenoxy) is 1. The van der Waals surface area contributed by atoms with E-state index in [0.717, 1.165) is 31.8 Å². The maximum atomic E-state index is 12.9. The van der Waals surface area contributed by atoms with Crippen LogP contribution in [0.5, 0.6) is 5.75 Å². The number of amides is 2. The van der Waals surface area contributed by atoms with Crippen LogP contribution in [0.3, 0.4) is 0 Å². The molecule has 0 aliphatic carbocycles. The molecule has 2 amide bonds. The number of para-hydroxylation sites is 1. The molecule has 1 saturated heterocycles. The molecule has 0 radical (unpaired) electrons. The van der Waals surface area contributed by atoms with Crippen LogP contribution in [0, 0.1) is 5.92 Å². The lowest BCUT2D eigenvalue weighted by Gasteiger charge is -2.24. The summed E-state index contributed by atoms with van der Waals surface area (Å²) in [5.41, 5.74) is 0. The number of rotatable bonds is 10. The normalized spacial score (nSPS) is 17.1. The first-order valence-electron chi connectivity index (χ1n) is 9.03. The van der Waals surface area contributed by atoms with Gasteiger partial charge in [-0.05, 0) is 56.5 Å². The summed E-state index contributed by atoms with van der Waals surface area (Å²) in [6, 6.07) is 8.72. The fourth-order valence-corrected chi connectivity index (χ4v) is 3.57. The first-order chi connectivity index (χ1) is 12.6. The van der Waals surface area contributed by atoms with Gasteiger partial charge in [0.1, 0.15) is 11.8 Å². The second-order valence-electron chi connectivity index (χ2n) is 6.50. The maximum Gasteiger partial charge on any atom is 0.258 e. The third-order valence-electron chi connectivity index (χ3n) is 4.45. The summed E-state index contributed by atoms with van der Waals surface area (Å²) >= 11 is 1.67. The van der Waals surface area contributed by atoms with Crippen molar-refractivity contribution in [2.75, 3.05) is 45.3 Å². The third-order valence-corrected chi connectivity index (χ3v) is 5.09. The quantitative estimate of drug-likeness (QED) is 0.609. The van der Waals surface area contributed by atoms with Crippen molar-refractivity contribution in [3.05, 3.63) is 30.3 Å². The first-order valence-corrected chi connectivity index (χ1v) is 10.4. The van der Waals surface area contributed by atoms with Gasteiger partial charge in [0.05, 0.1) is 0 Å². The highest BCUT2D eigenvalue weighted by Crippen LogP contribution is 2.17. The summed E-state index contributed by atoms with van der Waals surface area (Å²) in [6.07, 6.45) is 3.64. The molecule has 2 N–H and O–H groups in total. The average molecular weight is 416 g/mol. The van der Waals surface area contributed by atoms with Gasteiger partial charge in [-0.2, -0.15) is 11.8 Å². The molecule has 0 spiro atoms. The monoisotopic (exact) mass is 415 g/mol. The van der Waals surface area contributed by atoms with E-state index < -0.39 is 6.04 Å². The minimum Gasteiger partial charge on any atom is -0.484 e. The highest BCUT2D eigenvalue weighted by molar-refractivity contribution is 7.98. The van der Waals surface area contributed by atoms with Gasteiger partial charge in [0.25, 0.3) is 5.91 Å². The molecule has 1 heterocycles. The van der Waals surface area contributed by atoms with Gasteiger partial charge in [0.15, 0.2) is 6.61 Å². The Kier molecular flexibility index (Phi) is 11.2.